The summed E-state index contributed by atoms with van der Waals surface area (Å²) in [6, 6.07) is 3.50. The fourth-order valence-electron chi connectivity index (χ4n) is 4.55. The molecule has 154 valence electrons. The zero-order chi connectivity index (χ0) is 20.3. The van der Waals surface area contributed by atoms with Crippen molar-refractivity contribution in [3.63, 3.8) is 0 Å². The number of fused-ring (bicyclic) bond motifs is 1. The smallest absolute Gasteiger partial charge is 0.311 e. The van der Waals surface area contributed by atoms with Gasteiger partial charge in [-0.3, -0.25) is 14.5 Å². The highest BCUT2D eigenvalue weighted by molar-refractivity contribution is 5.79. The lowest BCUT2D eigenvalue weighted by Gasteiger charge is -2.23. The van der Waals surface area contributed by atoms with E-state index >= 15 is 0 Å². The first-order chi connectivity index (χ1) is 13.4. The Morgan fingerprint density at radius 1 is 1.18 bits per heavy atom. The minimum absolute atomic E-state index is 0.141. The van der Waals surface area contributed by atoms with Crippen LogP contribution in [0.4, 0.5) is 0 Å². The van der Waals surface area contributed by atoms with E-state index in [1.807, 2.05) is 4.90 Å². The van der Waals surface area contributed by atoms with Crippen LogP contribution >= 0.6 is 0 Å². The quantitative estimate of drug-likeness (QED) is 0.692. The third-order valence-electron chi connectivity index (χ3n) is 6.00. The van der Waals surface area contributed by atoms with Crippen molar-refractivity contribution in [1.29, 1.82) is 0 Å². The Labute approximate surface area is 164 Å². The molecule has 28 heavy (non-hydrogen) atoms. The molecule has 2 N–H and O–H groups in total. The Bertz CT molecular complexity index is 752. The molecule has 1 amide bonds. The second kappa shape index (κ2) is 8.26. The third kappa shape index (κ3) is 3.73. The molecule has 1 saturated heterocycles. The summed E-state index contributed by atoms with van der Waals surface area (Å²) in [5.74, 6) is 0.980. The summed E-state index contributed by atoms with van der Waals surface area (Å²) in [5.41, 5.74) is 0.0983. The summed E-state index contributed by atoms with van der Waals surface area (Å²) in [6.07, 6.45) is 2.58. The van der Waals surface area contributed by atoms with Gasteiger partial charge < -0.3 is 24.6 Å². The number of carboxylic acid groups (broad SMARTS) is 1. The van der Waals surface area contributed by atoms with Crippen molar-refractivity contribution < 1.29 is 28.9 Å². The highest BCUT2D eigenvalue weighted by atomic mass is 16.5. The van der Waals surface area contributed by atoms with Gasteiger partial charge in [-0.1, -0.05) is 6.42 Å². The predicted molar refractivity (Wildman–Crippen MR) is 102 cm³/mol. The van der Waals surface area contributed by atoms with E-state index in [1.165, 1.54) is 0 Å². The molecule has 0 radical (unpaired) electrons. The van der Waals surface area contributed by atoms with Crippen LogP contribution in [0.5, 0.6) is 17.2 Å². The van der Waals surface area contributed by atoms with E-state index in [4.69, 9.17) is 14.2 Å². The highest BCUT2D eigenvalue weighted by Crippen LogP contribution is 2.48. The van der Waals surface area contributed by atoms with E-state index in [9.17, 15) is 14.7 Å². The highest BCUT2D eigenvalue weighted by Gasteiger charge is 2.54. The fraction of sp³-hybridized carbons (Fsp3) is 0.600. The lowest BCUT2D eigenvalue weighted by molar-refractivity contribution is -0.149. The SMILES string of the molecule is COc1cc(OC)c(OC)cc1CNC(=O)CN1C[C@@H]2CCC[C@@]2(C(=O)O)C1. The largest absolute Gasteiger partial charge is 0.496 e. The van der Waals surface area contributed by atoms with Crippen LogP contribution in [0.25, 0.3) is 0 Å². The molecule has 0 bridgehead atoms. The van der Waals surface area contributed by atoms with Gasteiger partial charge in [-0.25, -0.2) is 0 Å². The Balaban J connectivity index is 1.60. The van der Waals surface area contributed by atoms with E-state index in [1.54, 1.807) is 33.5 Å². The standard InChI is InChI=1S/C20H28N2O6/c1-26-15-8-17(28-3)16(27-2)7-13(15)9-21-18(23)11-22-10-14-5-4-6-20(14,12-22)19(24)25/h7-8,14H,4-6,9-12H2,1-3H3,(H,21,23)(H,24,25)/t14-,20+/m0/s1. The molecule has 0 spiro atoms. The van der Waals surface area contributed by atoms with Gasteiger partial charge in [0.1, 0.15) is 5.75 Å². The third-order valence-corrected chi connectivity index (χ3v) is 6.00. The number of hydrogen-bond acceptors (Lipinski definition) is 6. The fourth-order valence-corrected chi connectivity index (χ4v) is 4.55. The molecule has 1 heterocycles. The number of nitrogens with one attached hydrogen (secondary N) is 1. The Morgan fingerprint density at radius 2 is 1.86 bits per heavy atom. The number of rotatable bonds is 8. The summed E-state index contributed by atoms with van der Waals surface area (Å²) >= 11 is 0. The van der Waals surface area contributed by atoms with Gasteiger partial charge in [0.2, 0.25) is 5.91 Å². The number of carbonyl (C=O) groups is 2. The predicted octanol–water partition coefficient (Wildman–Crippen LogP) is 1.52. The van der Waals surface area contributed by atoms with Crippen LogP contribution in [0.15, 0.2) is 12.1 Å². The number of likely N-dealkylation sites (tertiary alicyclic amines) is 1. The van der Waals surface area contributed by atoms with Crippen molar-refractivity contribution in [3.05, 3.63) is 17.7 Å². The van der Waals surface area contributed by atoms with Crippen LogP contribution in [0.1, 0.15) is 24.8 Å². The van der Waals surface area contributed by atoms with Gasteiger partial charge >= 0.3 is 5.97 Å². The number of methoxy groups -OCH3 is 3. The summed E-state index contributed by atoms with van der Waals surface area (Å²) in [5, 5.41) is 12.6. The molecular weight excluding hydrogens is 364 g/mol. The number of aliphatic carboxylic acids is 1. The van der Waals surface area contributed by atoms with Crippen molar-refractivity contribution in [1.82, 2.24) is 10.2 Å². The van der Waals surface area contributed by atoms with Crippen molar-refractivity contribution >= 4 is 11.9 Å². The summed E-state index contributed by atoms with van der Waals surface area (Å²) < 4.78 is 16.0. The molecule has 0 unspecified atom stereocenters. The number of hydrogen-bond donors (Lipinski definition) is 2. The van der Waals surface area contributed by atoms with Gasteiger partial charge in [-0.2, -0.15) is 0 Å². The first kappa shape index (κ1) is 20.3. The van der Waals surface area contributed by atoms with Crippen LogP contribution in [-0.2, 0) is 16.1 Å². The molecule has 2 atom stereocenters. The average Bonchev–Trinajstić information content (AvgIpc) is 3.23. The first-order valence-corrected chi connectivity index (χ1v) is 9.45. The molecule has 1 aliphatic carbocycles. The van der Waals surface area contributed by atoms with Crippen molar-refractivity contribution in [2.45, 2.75) is 25.8 Å². The second-order valence-corrected chi connectivity index (χ2v) is 7.52. The Morgan fingerprint density at radius 3 is 2.46 bits per heavy atom. The Hall–Kier alpha value is -2.48. The number of benzene rings is 1. The van der Waals surface area contributed by atoms with Gasteiger partial charge in [0.15, 0.2) is 11.5 Å². The lowest BCUT2D eigenvalue weighted by Crippen LogP contribution is -2.39. The maximum atomic E-state index is 12.4. The topological polar surface area (TPSA) is 97.3 Å². The lowest BCUT2D eigenvalue weighted by atomic mass is 9.81. The first-order valence-electron chi connectivity index (χ1n) is 9.45. The van der Waals surface area contributed by atoms with Gasteiger partial charge in [-0.15, -0.1) is 0 Å². The van der Waals surface area contributed by atoms with Gasteiger partial charge in [0.25, 0.3) is 0 Å². The normalized spacial score (nSPS) is 23.9. The second-order valence-electron chi connectivity index (χ2n) is 7.52. The van der Waals surface area contributed by atoms with E-state index in [2.05, 4.69) is 5.32 Å². The van der Waals surface area contributed by atoms with Gasteiger partial charge in [-0.05, 0) is 24.8 Å². The van der Waals surface area contributed by atoms with E-state index < -0.39 is 11.4 Å². The Kier molecular flexibility index (Phi) is 5.98. The summed E-state index contributed by atoms with van der Waals surface area (Å²) in [7, 11) is 4.66. The maximum Gasteiger partial charge on any atom is 0.311 e. The number of carbonyl (C=O) groups excluding carboxylic acids is 1. The zero-order valence-corrected chi connectivity index (χ0v) is 16.6. The van der Waals surface area contributed by atoms with Gasteiger partial charge in [0.05, 0.1) is 33.3 Å². The molecule has 8 heteroatoms. The van der Waals surface area contributed by atoms with Crippen LogP contribution < -0.4 is 19.5 Å². The maximum absolute atomic E-state index is 12.4. The van der Waals surface area contributed by atoms with Crippen molar-refractivity contribution in [3.8, 4) is 17.2 Å². The molecule has 0 aromatic heterocycles. The molecule has 1 aliphatic heterocycles. The molecule has 3 rings (SSSR count). The monoisotopic (exact) mass is 392 g/mol. The van der Waals surface area contributed by atoms with Gasteiger partial charge in [0, 0.05) is 31.3 Å². The average molecular weight is 392 g/mol. The summed E-state index contributed by atoms with van der Waals surface area (Å²) in [4.78, 5) is 26.2. The molecule has 1 aromatic rings. The van der Waals surface area contributed by atoms with Crippen LogP contribution in [-0.4, -0.2) is 62.8 Å². The number of ether oxygens (including phenoxy) is 3. The molecule has 1 aromatic carbocycles. The molecule has 8 nitrogen and oxygen atoms in total. The molecular formula is C20H28N2O6. The number of nitrogens with zero attached hydrogens (tertiary/aromatic N) is 1. The van der Waals surface area contributed by atoms with E-state index in [0.29, 0.717) is 36.8 Å². The number of carboxylic acids is 1. The van der Waals surface area contributed by atoms with E-state index in [-0.39, 0.29) is 24.9 Å². The minimum atomic E-state index is -0.729. The van der Waals surface area contributed by atoms with E-state index in [0.717, 1.165) is 18.4 Å². The van der Waals surface area contributed by atoms with Crippen LogP contribution in [0.2, 0.25) is 0 Å². The minimum Gasteiger partial charge on any atom is -0.496 e. The molecule has 2 fully saturated rings. The van der Waals surface area contributed by atoms with Crippen LogP contribution in [0.3, 0.4) is 0 Å². The summed E-state index contributed by atoms with van der Waals surface area (Å²) in [6.45, 7) is 1.59. The van der Waals surface area contributed by atoms with Crippen LogP contribution in [0, 0.1) is 11.3 Å². The number of amides is 1. The molecule has 1 saturated carbocycles. The van der Waals surface area contributed by atoms with Crippen molar-refractivity contribution in [2.24, 2.45) is 11.3 Å². The molecule has 2 aliphatic rings. The van der Waals surface area contributed by atoms with Crippen molar-refractivity contribution in [2.75, 3.05) is 41.0 Å². The zero-order valence-electron chi connectivity index (χ0n) is 16.6.